The number of aliphatic imine (C=N–C) groups is 1. The Morgan fingerprint density at radius 1 is 1.38 bits per heavy atom. The van der Waals surface area contributed by atoms with Gasteiger partial charge in [0.15, 0.2) is 5.96 Å². The third-order valence-corrected chi connectivity index (χ3v) is 6.22. The second-order valence-corrected chi connectivity index (χ2v) is 9.06. The van der Waals surface area contributed by atoms with Crippen LogP contribution in [-0.4, -0.2) is 62.6 Å². The molecule has 0 fully saturated rings. The predicted octanol–water partition coefficient (Wildman–Crippen LogP) is 1.22. The van der Waals surface area contributed by atoms with Crippen molar-refractivity contribution in [2.45, 2.75) is 33.6 Å². The molecule has 1 rings (SSSR count). The maximum Gasteiger partial charge on any atom is 0.213 e. The van der Waals surface area contributed by atoms with Gasteiger partial charge in [-0.1, -0.05) is 0 Å². The molecule has 138 valence electrons. The summed E-state index contributed by atoms with van der Waals surface area (Å²) in [7, 11) is -1.49. The number of thiazole rings is 1. The van der Waals surface area contributed by atoms with Crippen molar-refractivity contribution in [3.63, 3.8) is 0 Å². The molecule has 0 aliphatic carbocycles. The van der Waals surface area contributed by atoms with E-state index >= 15 is 0 Å². The second-order valence-electron chi connectivity index (χ2n) is 5.38. The molecule has 2 N–H and O–H groups in total. The van der Waals surface area contributed by atoms with E-state index in [1.54, 1.807) is 25.3 Å². The summed E-state index contributed by atoms with van der Waals surface area (Å²) in [6, 6.07) is 0. The molecule has 1 heterocycles. The van der Waals surface area contributed by atoms with Gasteiger partial charge < -0.3 is 10.6 Å². The molecule has 0 aliphatic heterocycles. The average molecular weight is 376 g/mol. The van der Waals surface area contributed by atoms with Crippen LogP contribution >= 0.6 is 11.3 Å². The molecule has 0 aromatic carbocycles. The van der Waals surface area contributed by atoms with Crippen molar-refractivity contribution in [1.29, 1.82) is 0 Å². The van der Waals surface area contributed by atoms with Gasteiger partial charge in [0.2, 0.25) is 10.0 Å². The van der Waals surface area contributed by atoms with Gasteiger partial charge in [-0.05, 0) is 27.2 Å². The van der Waals surface area contributed by atoms with E-state index in [1.165, 1.54) is 9.18 Å². The van der Waals surface area contributed by atoms with E-state index in [9.17, 15) is 8.42 Å². The van der Waals surface area contributed by atoms with Gasteiger partial charge in [-0.15, -0.1) is 11.3 Å². The molecule has 0 aliphatic rings. The van der Waals surface area contributed by atoms with Crippen LogP contribution in [0.1, 0.15) is 30.2 Å². The highest BCUT2D eigenvalue weighted by atomic mass is 32.2. The van der Waals surface area contributed by atoms with Gasteiger partial charge in [0.05, 0.1) is 10.8 Å². The van der Waals surface area contributed by atoms with Gasteiger partial charge in [0.25, 0.3) is 0 Å². The van der Waals surface area contributed by atoms with E-state index in [-0.39, 0.29) is 5.75 Å². The van der Waals surface area contributed by atoms with Gasteiger partial charge in [-0.3, -0.25) is 4.99 Å². The number of nitrogens with one attached hydrogen (secondary N) is 2. The zero-order chi connectivity index (χ0) is 18.0. The van der Waals surface area contributed by atoms with Gasteiger partial charge in [0.1, 0.15) is 0 Å². The summed E-state index contributed by atoms with van der Waals surface area (Å²) < 4.78 is 24.7. The van der Waals surface area contributed by atoms with Crippen LogP contribution in [0.5, 0.6) is 0 Å². The minimum Gasteiger partial charge on any atom is -0.357 e. The number of guanidine groups is 1. The highest BCUT2D eigenvalue weighted by molar-refractivity contribution is 7.89. The van der Waals surface area contributed by atoms with E-state index in [4.69, 9.17) is 0 Å². The van der Waals surface area contributed by atoms with Crippen LogP contribution in [0.25, 0.3) is 0 Å². The molecule has 0 radical (unpaired) electrons. The fraction of sp³-hybridized carbons (Fsp3) is 0.733. The number of aryl methyl sites for hydroxylation is 1. The number of nitrogens with zero attached hydrogens (tertiary/aromatic N) is 3. The van der Waals surface area contributed by atoms with Crippen LogP contribution < -0.4 is 10.6 Å². The Morgan fingerprint density at radius 3 is 2.71 bits per heavy atom. The first-order valence-corrected chi connectivity index (χ1v) is 10.7. The van der Waals surface area contributed by atoms with Crippen LogP contribution in [-0.2, 0) is 16.4 Å². The first-order valence-electron chi connectivity index (χ1n) is 8.26. The molecular formula is C15H29N5O2S2. The van der Waals surface area contributed by atoms with E-state index in [1.807, 2.05) is 13.1 Å². The number of rotatable bonds is 10. The maximum absolute atomic E-state index is 11.7. The van der Waals surface area contributed by atoms with Crippen molar-refractivity contribution in [1.82, 2.24) is 19.9 Å². The first-order chi connectivity index (χ1) is 11.4. The molecule has 0 amide bonds. The molecule has 0 bridgehead atoms. The van der Waals surface area contributed by atoms with Crippen molar-refractivity contribution >= 4 is 27.3 Å². The highest BCUT2D eigenvalue weighted by Crippen LogP contribution is 2.10. The molecule has 7 nitrogen and oxygen atoms in total. The van der Waals surface area contributed by atoms with Gasteiger partial charge >= 0.3 is 0 Å². The Balaban J connectivity index is 2.36. The maximum atomic E-state index is 11.7. The third-order valence-electron chi connectivity index (χ3n) is 3.39. The van der Waals surface area contributed by atoms with Crippen molar-refractivity contribution in [3.05, 3.63) is 16.1 Å². The van der Waals surface area contributed by atoms with E-state index in [2.05, 4.69) is 27.5 Å². The SMILES string of the molecule is CCNC(=NCCCN(C)S(=O)(=O)CC)NCCc1ncc(C)s1. The molecule has 0 saturated heterocycles. The largest absolute Gasteiger partial charge is 0.357 e. The molecule has 1 aromatic heterocycles. The second kappa shape index (κ2) is 10.6. The monoisotopic (exact) mass is 375 g/mol. The number of hydrogen-bond acceptors (Lipinski definition) is 5. The first kappa shape index (κ1) is 20.9. The number of aromatic nitrogens is 1. The van der Waals surface area contributed by atoms with Crippen molar-refractivity contribution in [2.24, 2.45) is 4.99 Å². The summed E-state index contributed by atoms with van der Waals surface area (Å²) in [4.78, 5) is 10.0. The van der Waals surface area contributed by atoms with E-state index in [0.717, 1.165) is 30.5 Å². The van der Waals surface area contributed by atoms with Crippen molar-refractivity contribution in [2.75, 3.05) is 39.0 Å². The zero-order valence-electron chi connectivity index (χ0n) is 15.0. The Hall–Kier alpha value is -1.19. The Bertz CT molecular complexity index is 613. The minimum atomic E-state index is -3.10. The summed E-state index contributed by atoms with van der Waals surface area (Å²) in [5, 5.41) is 7.59. The molecule has 24 heavy (non-hydrogen) atoms. The summed E-state index contributed by atoms with van der Waals surface area (Å²) >= 11 is 1.71. The zero-order valence-corrected chi connectivity index (χ0v) is 16.6. The fourth-order valence-corrected chi connectivity index (χ4v) is 3.62. The summed E-state index contributed by atoms with van der Waals surface area (Å²) in [5.74, 6) is 0.888. The lowest BCUT2D eigenvalue weighted by molar-refractivity contribution is 0.465. The molecule has 0 spiro atoms. The Kier molecular flexibility index (Phi) is 9.24. The average Bonchev–Trinajstić information content (AvgIpc) is 2.96. The number of hydrogen-bond donors (Lipinski definition) is 2. The van der Waals surface area contributed by atoms with Crippen LogP contribution in [0.15, 0.2) is 11.2 Å². The topological polar surface area (TPSA) is 86.7 Å². The van der Waals surface area contributed by atoms with E-state index < -0.39 is 10.0 Å². The van der Waals surface area contributed by atoms with Gasteiger partial charge in [-0.2, -0.15) is 0 Å². The molecule has 9 heteroatoms. The standard InChI is InChI=1S/C15H29N5O2S2/c1-5-16-15(18-10-8-14-19-12-13(3)23-14)17-9-7-11-20(4)24(21,22)6-2/h12H,5-11H2,1-4H3,(H2,16,17,18). The highest BCUT2D eigenvalue weighted by Gasteiger charge is 2.13. The Labute approximate surface area is 149 Å². The molecule has 1 aromatic rings. The summed E-state index contributed by atoms with van der Waals surface area (Å²) in [5.41, 5.74) is 0. The molecule has 0 saturated carbocycles. The summed E-state index contributed by atoms with van der Waals surface area (Å²) in [6.45, 7) is 8.34. The lowest BCUT2D eigenvalue weighted by Gasteiger charge is -2.15. The fourth-order valence-electron chi connectivity index (χ4n) is 1.99. The normalized spacial score (nSPS) is 12.6. The smallest absolute Gasteiger partial charge is 0.213 e. The lowest BCUT2D eigenvalue weighted by Crippen LogP contribution is -2.38. The minimum absolute atomic E-state index is 0.132. The molecular weight excluding hydrogens is 346 g/mol. The molecule has 0 atom stereocenters. The van der Waals surface area contributed by atoms with Gasteiger partial charge in [-0.25, -0.2) is 17.7 Å². The molecule has 0 unspecified atom stereocenters. The lowest BCUT2D eigenvalue weighted by atomic mass is 10.4. The van der Waals surface area contributed by atoms with Crippen molar-refractivity contribution in [3.8, 4) is 0 Å². The number of sulfonamides is 1. The van der Waals surface area contributed by atoms with Crippen LogP contribution in [0, 0.1) is 6.92 Å². The van der Waals surface area contributed by atoms with Crippen molar-refractivity contribution < 1.29 is 8.42 Å². The predicted molar refractivity (Wildman–Crippen MR) is 101 cm³/mol. The summed E-state index contributed by atoms with van der Waals surface area (Å²) in [6.07, 6.45) is 3.44. The van der Waals surface area contributed by atoms with Gasteiger partial charge in [0, 0.05) is 50.7 Å². The van der Waals surface area contributed by atoms with Crippen LogP contribution in [0.2, 0.25) is 0 Å². The van der Waals surface area contributed by atoms with Crippen LogP contribution in [0.4, 0.5) is 0 Å². The quantitative estimate of drug-likeness (QED) is 0.365. The third kappa shape index (κ3) is 7.59. The van der Waals surface area contributed by atoms with Crippen LogP contribution in [0.3, 0.4) is 0 Å². The van der Waals surface area contributed by atoms with E-state index in [0.29, 0.717) is 19.5 Å². The Morgan fingerprint density at radius 2 is 2.12 bits per heavy atom.